The molecular formula is C21H18N2O3. The molecule has 1 heterocycles. The van der Waals surface area contributed by atoms with E-state index in [2.05, 4.69) is 17.1 Å². The molecule has 0 spiro atoms. The standard InChI is InChI=1S/C21H18N2O3/c1-13-5-4-6-14(9-13)12-23-17-8-3-2-7-16(17)22-21(23)15-10-18(24)20(26)19(25)11-15/h2-11,24-26H,12H2,1H3. The number of nitrogens with zero attached hydrogens (tertiary/aromatic N) is 2. The van der Waals surface area contributed by atoms with Gasteiger partial charge in [-0.2, -0.15) is 0 Å². The summed E-state index contributed by atoms with van der Waals surface area (Å²) in [5.41, 5.74) is 4.61. The van der Waals surface area contributed by atoms with Crippen molar-refractivity contribution in [2.45, 2.75) is 13.5 Å². The van der Waals surface area contributed by atoms with Crippen molar-refractivity contribution < 1.29 is 15.3 Å². The second kappa shape index (κ2) is 6.11. The Balaban J connectivity index is 1.92. The molecule has 0 aliphatic rings. The molecule has 3 N–H and O–H groups in total. The Morgan fingerprint density at radius 3 is 2.35 bits per heavy atom. The Hall–Kier alpha value is -3.47. The topological polar surface area (TPSA) is 78.5 Å². The summed E-state index contributed by atoms with van der Waals surface area (Å²) >= 11 is 0. The highest BCUT2D eigenvalue weighted by atomic mass is 16.3. The van der Waals surface area contributed by atoms with E-state index in [0.717, 1.165) is 16.6 Å². The van der Waals surface area contributed by atoms with Gasteiger partial charge in [0, 0.05) is 12.1 Å². The number of phenols is 3. The molecule has 0 aliphatic heterocycles. The molecule has 0 amide bonds. The third-order valence-electron chi connectivity index (χ3n) is 4.41. The summed E-state index contributed by atoms with van der Waals surface area (Å²) < 4.78 is 2.04. The van der Waals surface area contributed by atoms with E-state index in [9.17, 15) is 15.3 Å². The van der Waals surface area contributed by atoms with Gasteiger partial charge in [-0.25, -0.2) is 4.98 Å². The van der Waals surface area contributed by atoms with Crippen molar-refractivity contribution in [2.24, 2.45) is 0 Å². The third kappa shape index (κ3) is 2.73. The lowest BCUT2D eigenvalue weighted by molar-refractivity contribution is 0.368. The van der Waals surface area contributed by atoms with E-state index >= 15 is 0 Å². The second-order valence-electron chi connectivity index (χ2n) is 6.36. The fourth-order valence-electron chi connectivity index (χ4n) is 3.18. The molecule has 4 rings (SSSR count). The van der Waals surface area contributed by atoms with Gasteiger partial charge in [-0.05, 0) is 36.8 Å². The van der Waals surface area contributed by atoms with E-state index in [1.807, 2.05) is 47.9 Å². The average molecular weight is 346 g/mol. The Bertz CT molecular complexity index is 1090. The first-order chi connectivity index (χ1) is 12.5. The molecule has 0 aliphatic carbocycles. The molecule has 0 atom stereocenters. The lowest BCUT2D eigenvalue weighted by atomic mass is 10.1. The summed E-state index contributed by atoms with van der Waals surface area (Å²) in [6.07, 6.45) is 0. The van der Waals surface area contributed by atoms with Crippen LogP contribution in [0.1, 0.15) is 11.1 Å². The van der Waals surface area contributed by atoms with Crippen molar-refractivity contribution in [3.05, 3.63) is 71.8 Å². The molecule has 0 bridgehead atoms. The first-order valence-corrected chi connectivity index (χ1v) is 8.29. The number of aromatic hydroxyl groups is 3. The Kier molecular flexibility index (Phi) is 3.77. The smallest absolute Gasteiger partial charge is 0.200 e. The van der Waals surface area contributed by atoms with Crippen molar-refractivity contribution in [1.29, 1.82) is 0 Å². The number of para-hydroxylation sites is 2. The van der Waals surface area contributed by atoms with Crippen LogP contribution >= 0.6 is 0 Å². The van der Waals surface area contributed by atoms with Crippen LogP contribution in [-0.4, -0.2) is 24.9 Å². The highest BCUT2D eigenvalue weighted by Gasteiger charge is 2.16. The lowest BCUT2D eigenvalue weighted by Gasteiger charge is -2.11. The quantitative estimate of drug-likeness (QED) is 0.486. The van der Waals surface area contributed by atoms with Crippen LogP contribution in [0.3, 0.4) is 0 Å². The number of phenolic OH excluding ortho intramolecular Hbond substituents is 3. The minimum Gasteiger partial charge on any atom is -0.504 e. The fourth-order valence-corrected chi connectivity index (χ4v) is 3.18. The molecular weight excluding hydrogens is 328 g/mol. The van der Waals surface area contributed by atoms with Crippen LogP contribution in [0.25, 0.3) is 22.4 Å². The zero-order valence-corrected chi connectivity index (χ0v) is 14.2. The van der Waals surface area contributed by atoms with E-state index in [1.54, 1.807) is 0 Å². The minimum absolute atomic E-state index is 0.380. The van der Waals surface area contributed by atoms with Gasteiger partial charge in [0.1, 0.15) is 5.82 Å². The molecule has 130 valence electrons. The van der Waals surface area contributed by atoms with Crippen LogP contribution in [0.5, 0.6) is 17.2 Å². The summed E-state index contributed by atoms with van der Waals surface area (Å²) in [6.45, 7) is 2.65. The average Bonchev–Trinajstić information content (AvgIpc) is 2.98. The fraction of sp³-hybridized carbons (Fsp3) is 0.0952. The number of benzene rings is 3. The van der Waals surface area contributed by atoms with Gasteiger partial charge in [-0.1, -0.05) is 42.0 Å². The molecule has 0 saturated heterocycles. The highest BCUT2D eigenvalue weighted by molar-refractivity contribution is 5.81. The van der Waals surface area contributed by atoms with Crippen LogP contribution in [-0.2, 0) is 6.54 Å². The first-order valence-electron chi connectivity index (χ1n) is 8.29. The van der Waals surface area contributed by atoms with E-state index in [0.29, 0.717) is 17.9 Å². The normalized spacial score (nSPS) is 11.1. The summed E-state index contributed by atoms with van der Waals surface area (Å²) in [6, 6.07) is 18.8. The maximum absolute atomic E-state index is 9.89. The van der Waals surface area contributed by atoms with Crippen molar-refractivity contribution in [2.75, 3.05) is 0 Å². The summed E-state index contributed by atoms with van der Waals surface area (Å²) in [4.78, 5) is 4.67. The molecule has 3 aromatic carbocycles. The molecule has 1 aromatic heterocycles. The van der Waals surface area contributed by atoms with Crippen LogP contribution in [0.2, 0.25) is 0 Å². The maximum atomic E-state index is 9.89. The van der Waals surface area contributed by atoms with Gasteiger partial charge >= 0.3 is 0 Å². The molecule has 4 aromatic rings. The summed E-state index contributed by atoms with van der Waals surface area (Å²) in [5, 5.41) is 29.4. The number of aryl methyl sites for hydroxylation is 1. The van der Waals surface area contributed by atoms with E-state index in [-0.39, 0.29) is 11.5 Å². The van der Waals surface area contributed by atoms with Gasteiger partial charge in [0.25, 0.3) is 0 Å². The van der Waals surface area contributed by atoms with Gasteiger partial charge < -0.3 is 19.9 Å². The molecule has 0 unspecified atom stereocenters. The molecule has 5 nitrogen and oxygen atoms in total. The first kappa shape index (κ1) is 16.0. The molecule has 5 heteroatoms. The molecule has 0 fully saturated rings. The Morgan fingerprint density at radius 1 is 0.885 bits per heavy atom. The van der Waals surface area contributed by atoms with Crippen molar-refractivity contribution in [3.63, 3.8) is 0 Å². The van der Waals surface area contributed by atoms with Gasteiger partial charge in [0.15, 0.2) is 17.2 Å². The van der Waals surface area contributed by atoms with Crippen LogP contribution in [0.4, 0.5) is 0 Å². The monoisotopic (exact) mass is 346 g/mol. The van der Waals surface area contributed by atoms with E-state index < -0.39 is 5.75 Å². The predicted molar refractivity (Wildman–Crippen MR) is 100 cm³/mol. The number of rotatable bonds is 3. The predicted octanol–water partition coefficient (Wildman–Crippen LogP) is 4.18. The van der Waals surface area contributed by atoms with Crippen LogP contribution in [0, 0.1) is 6.92 Å². The van der Waals surface area contributed by atoms with Gasteiger partial charge in [0.05, 0.1) is 11.0 Å². The lowest BCUT2D eigenvalue weighted by Crippen LogP contribution is -2.02. The second-order valence-corrected chi connectivity index (χ2v) is 6.36. The highest BCUT2D eigenvalue weighted by Crippen LogP contribution is 2.39. The van der Waals surface area contributed by atoms with Crippen molar-refractivity contribution in [3.8, 4) is 28.6 Å². The van der Waals surface area contributed by atoms with Crippen molar-refractivity contribution >= 4 is 11.0 Å². The van der Waals surface area contributed by atoms with E-state index in [1.165, 1.54) is 17.7 Å². The van der Waals surface area contributed by atoms with Gasteiger partial charge in [-0.15, -0.1) is 0 Å². The van der Waals surface area contributed by atoms with Crippen LogP contribution < -0.4 is 0 Å². The van der Waals surface area contributed by atoms with Crippen molar-refractivity contribution in [1.82, 2.24) is 9.55 Å². The number of hydrogen-bond donors (Lipinski definition) is 3. The molecule has 0 radical (unpaired) electrons. The van der Waals surface area contributed by atoms with Gasteiger partial charge in [-0.3, -0.25) is 0 Å². The SMILES string of the molecule is Cc1cccc(Cn2c(-c3cc(O)c(O)c(O)c3)nc3ccccc32)c1. The summed E-state index contributed by atoms with van der Waals surface area (Å²) in [7, 11) is 0. The largest absolute Gasteiger partial charge is 0.504 e. The van der Waals surface area contributed by atoms with E-state index in [4.69, 9.17) is 0 Å². The number of fused-ring (bicyclic) bond motifs is 1. The Morgan fingerprint density at radius 2 is 1.62 bits per heavy atom. The minimum atomic E-state index is -0.532. The van der Waals surface area contributed by atoms with Crippen LogP contribution in [0.15, 0.2) is 60.7 Å². The molecule has 26 heavy (non-hydrogen) atoms. The third-order valence-corrected chi connectivity index (χ3v) is 4.41. The zero-order chi connectivity index (χ0) is 18.3. The Labute approximate surface area is 150 Å². The number of hydrogen-bond acceptors (Lipinski definition) is 4. The summed E-state index contributed by atoms with van der Waals surface area (Å²) in [5.74, 6) is -0.684. The number of aromatic nitrogens is 2. The zero-order valence-electron chi connectivity index (χ0n) is 14.2. The van der Waals surface area contributed by atoms with Gasteiger partial charge in [0.2, 0.25) is 0 Å². The maximum Gasteiger partial charge on any atom is 0.200 e. The number of imidazole rings is 1. The molecule has 0 saturated carbocycles.